The first-order valence-electron chi connectivity index (χ1n) is 4.76. The van der Waals surface area contributed by atoms with E-state index in [1.54, 1.807) is 25.1 Å². The fraction of sp³-hybridized carbons (Fsp3) is 0.167. The van der Waals surface area contributed by atoms with Gasteiger partial charge in [-0.15, -0.1) is 0 Å². The molecular weight excluding hydrogens is 208 g/mol. The van der Waals surface area contributed by atoms with Crippen LogP contribution in [0.2, 0.25) is 0 Å². The number of hydrogen-bond acceptors (Lipinski definition) is 3. The zero-order chi connectivity index (χ0) is 12.1. The average molecular weight is 220 g/mol. The van der Waals surface area contributed by atoms with Crippen LogP contribution in [0.3, 0.4) is 0 Å². The van der Waals surface area contributed by atoms with Gasteiger partial charge in [-0.1, -0.05) is 18.7 Å². The molecule has 0 aliphatic heterocycles. The summed E-state index contributed by atoms with van der Waals surface area (Å²) >= 11 is 0. The molecule has 0 heterocycles. The first-order chi connectivity index (χ1) is 7.57. The van der Waals surface area contributed by atoms with Crippen LogP contribution in [-0.4, -0.2) is 23.5 Å². The molecular formula is C12H12O4. The predicted octanol–water partition coefficient (Wildman–Crippen LogP) is 1.91. The molecule has 0 spiro atoms. The molecule has 4 heteroatoms. The third kappa shape index (κ3) is 2.48. The van der Waals surface area contributed by atoms with Gasteiger partial charge in [0.2, 0.25) is 5.78 Å². The molecule has 1 aromatic rings. The fourth-order valence-electron chi connectivity index (χ4n) is 1.20. The summed E-state index contributed by atoms with van der Waals surface area (Å²) in [5.74, 6) is -1.58. The number of Topliss-reactive ketones (excluding diaryl/α,β-unsaturated/α-hetero) is 1. The lowest BCUT2D eigenvalue weighted by atomic mass is 10.0. The van der Waals surface area contributed by atoms with Crippen molar-refractivity contribution in [3.8, 4) is 5.75 Å². The molecule has 0 aromatic heterocycles. The van der Waals surface area contributed by atoms with Crippen molar-refractivity contribution in [2.45, 2.75) is 6.92 Å². The van der Waals surface area contributed by atoms with Gasteiger partial charge in [0.1, 0.15) is 11.3 Å². The Morgan fingerprint density at radius 3 is 2.56 bits per heavy atom. The molecule has 0 saturated heterocycles. The molecule has 0 bridgehead atoms. The average Bonchev–Trinajstić information content (AvgIpc) is 2.28. The third-order valence-corrected chi connectivity index (χ3v) is 1.96. The Morgan fingerprint density at radius 1 is 1.38 bits per heavy atom. The number of benzene rings is 1. The molecule has 0 fully saturated rings. The van der Waals surface area contributed by atoms with Crippen LogP contribution in [0.4, 0.5) is 0 Å². The zero-order valence-corrected chi connectivity index (χ0v) is 8.90. The number of rotatable bonds is 5. The van der Waals surface area contributed by atoms with E-state index in [4.69, 9.17) is 9.84 Å². The summed E-state index contributed by atoms with van der Waals surface area (Å²) in [6.45, 7) is 5.42. The van der Waals surface area contributed by atoms with Crippen molar-refractivity contribution in [2.24, 2.45) is 0 Å². The minimum absolute atomic E-state index is 0.219. The Morgan fingerprint density at radius 2 is 2.00 bits per heavy atom. The SMILES string of the molecule is C=C(C(=O)O)C(=O)c1ccccc1OCC. The van der Waals surface area contributed by atoms with Crippen molar-refractivity contribution >= 4 is 11.8 Å². The van der Waals surface area contributed by atoms with Gasteiger partial charge >= 0.3 is 5.97 Å². The second kappa shape index (κ2) is 5.11. The van der Waals surface area contributed by atoms with Gasteiger partial charge in [0, 0.05) is 0 Å². The van der Waals surface area contributed by atoms with Crippen LogP contribution in [0, 0.1) is 0 Å². The molecule has 0 saturated carbocycles. The van der Waals surface area contributed by atoms with E-state index in [0.717, 1.165) is 0 Å². The quantitative estimate of drug-likeness (QED) is 0.356. The molecule has 84 valence electrons. The molecule has 0 aliphatic carbocycles. The summed E-state index contributed by atoms with van der Waals surface area (Å²) in [6.07, 6.45) is 0. The summed E-state index contributed by atoms with van der Waals surface area (Å²) in [4.78, 5) is 22.3. The summed E-state index contributed by atoms with van der Waals surface area (Å²) in [6, 6.07) is 6.49. The van der Waals surface area contributed by atoms with E-state index in [1.807, 2.05) is 0 Å². The van der Waals surface area contributed by atoms with Gasteiger partial charge in [0.15, 0.2) is 0 Å². The number of para-hydroxylation sites is 1. The molecule has 1 aromatic carbocycles. The van der Waals surface area contributed by atoms with Crippen LogP contribution in [0.5, 0.6) is 5.75 Å². The predicted molar refractivity (Wildman–Crippen MR) is 58.7 cm³/mol. The number of carbonyl (C=O) groups is 2. The summed E-state index contributed by atoms with van der Waals surface area (Å²) in [5, 5.41) is 8.67. The van der Waals surface area contributed by atoms with Crippen LogP contribution in [-0.2, 0) is 4.79 Å². The van der Waals surface area contributed by atoms with Crippen LogP contribution >= 0.6 is 0 Å². The van der Waals surface area contributed by atoms with Gasteiger partial charge in [-0.3, -0.25) is 4.79 Å². The highest BCUT2D eigenvalue weighted by atomic mass is 16.5. The number of carbonyl (C=O) groups excluding carboxylic acids is 1. The Labute approximate surface area is 93.2 Å². The Hall–Kier alpha value is -2.10. The molecule has 4 nitrogen and oxygen atoms in total. The molecule has 0 aliphatic rings. The highest BCUT2D eigenvalue weighted by Gasteiger charge is 2.19. The van der Waals surface area contributed by atoms with Crippen molar-refractivity contribution in [1.29, 1.82) is 0 Å². The monoisotopic (exact) mass is 220 g/mol. The van der Waals surface area contributed by atoms with Crippen LogP contribution in [0.1, 0.15) is 17.3 Å². The van der Waals surface area contributed by atoms with Crippen molar-refractivity contribution in [1.82, 2.24) is 0 Å². The Kier molecular flexibility index (Phi) is 3.83. The van der Waals surface area contributed by atoms with Crippen molar-refractivity contribution < 1.29 is 19.4 Å². The molecule has 0 unspecified atom stereocenters. The van der Waals surface area contributed by atoms with Crippen LogP contribution < -0.4 is 4.74 Å². The lowest BCUT2D eigenvalue weighted by molar-refractivity contribution is -0.132. The van der Waals surface area contributed by atoms with Crippen LogP contribution in [0.15, 0.2) is 36.4 Å². The Balaban J connectivity index is 3.08. The fourth-order valence-corrected chi connectivity index (χ4v) is 1.20. The maximum atomic E-state index is 11.7. The highest BCUT2D eigenvalue weighted by Crippen LogP contribution is 2.20. The zero-order valence-electron chi connectivity index (χ0n) is 8.90. The van der Waals surface area contributed by atoms with Crippen molar-refractivity contribution in [2.75, 3.05) is 6.61 Å². The summed E-state index contributed by atoms with van der Waals surface area (Å²) in [5.41, 5.74) is -0.246. The van der Waals surface area contributed by atoms with Gasteiger partial charge in [-0.05, 0) is 19.1 Å². The van der Waals surface area contributed by atoms with E-state index in [2.05, 4.69) is 6.58 Å². The van der Waals surface area contributed by atoms with Gasteiger partial charge in [-0.2, -0.15) is 0 Å². The largest absolute Gasteiger partial charge is 0.493 e. The number of hydrogen-bond donors (Lipinski definition) is 1. The number of ether oxygens (including phenoxy) is 1. The second-order valence-corrected chi connectivity index (χ2v) is 3.04. The molecule has 0 amide bonds. The number of aliphatic carboxylic acids is 1. The molecule has 1 rings (SSSR count). The van der Waals surface area contributed by atoms with Gasteiger partial charge in [0.05, 0.1) is 12.2 Å². The molecule has 0 radical (unpaired) electrons. The first kappa shape index (κ1) is 12.0. The van der Waals surface area contributed by atoms with Gasteiger partial charge in [-0.25, -0.2) is 4.79 Å². The maximum Gasteiger partial charge on any atom is 0.339 e. The van der Waals surface area contributed by atoms with E-state index >= 15 is 0 Å². The minimum Gasteiger partial charge on any atom is -0.493 e. The summed E-state index contributed by atoms with van der Waals surface area (Å²) in [7, 11) is 0. The smallest absolute Gasteiger partial charge is 0.339 e. The second-order valence-electron chi connectivity index (χ2n) is 3.04. The minimum atomic E-state index is -1.32. The lowest BCUT2D eigenvalue weighted by Crippen LogP contribution is -2.12. The van der Waals surface area contributed by atoms with E-state index < -0.39 is 17.3 Å². The van der Waals surface area contributed by atoms with E-state index in [9.17, 15) is 9.59 Å². The van der Waals surface area contributed by atoms with E-state index in [1.165, 1.54) is 6.07 Å². The van der Waals surface area contributed by atoms with Gasteiger partial charge < -0.3 is 9.84 Å². The first-order valence-corrected chi connectivity index (χ1v) is 4.76. The number of carboxylic acid groups (broad SMARTS) is 1. The van der Waals surface area contributed by atoms with E-state index in [0.29, 0.717) is 12.4 Å². The van der Waals surface area contributed by atoms with Crippen molar-refractivity contribution in [3.05, 3.63) is 42.0 Å². The topological polar surface area (TPSA) is 63.6 Å². The van der Waals surface area contributed by atoms with Crippen LogP contribution in [0.25, 0.3) is 0 Å². The lowest BCUT2D eigenvalue weighted by Gasteiger charge is -2.08. The molecule has 0 atom stereocenters. The molecule has 16 heavy (non-hydrogen) atoms. The standard InChI is InChI=1S/C12H12O4/c1-3-16-10-7-5-4-6-9(10)11(13)8(2)12(14)15/h4-7H,2-3H2,1H3,(H,14,15). The summed E-state index contributed by atoms with van der Waals surface area (Å²) < 4.78 is 5.23. The normalized spacial score (nSPS) is 9.56. The third-order valence-electron chi connectivity index (χ3n) is 1.96. The highest BCUT2D eigenvalue weighted by molar-refractivity contribution is 6.24. The number of ketones is 1. The number of carboxylic acids is 1. The van der Waals surface area contributed by atoms with Crippen molar-refractivity contribution in [3.63, 3.8) is 0 Å². The Bertz CT molecular complexity index is 434. The maximum absolute atomic E-state index is 11.7. The molecule has 1 N–H and O–H groups in total. The van der Waals surface area contributed by atoms with E-state index in [-0.39, 0.29) is 5.56 Å². The van der Waals surface area contributed by atoms with Gasteiger partial charge in [0.25, 0.3) is 0 Å².